The van der Waals surface area contributed by atoms with Crippen LogP contribution in [0.15, 0.2) is 30.5 Å². The molecule has 0 aliphatic heterocycles. The zero-order valence-corrected chi connectivity index (χ0v) is 9.64. The molecule has 0 saturated heterocycles. The standard InChI is InChI=1S/C13H14N2O2/c1-2-7-17-11-5-3-10(4-6-11)12-8-14-13(9-16)15-12/h3-6,8-9H,2,7H2,1H3,(H,14,15). The predicted molar refractivity (Wildman–Crippen MR) is 65.2 cm³/mol. The van der Waals surface area contributed by atoms with Gasteiger partial charge in [-0.15, -0.1) is 0 Å². The number of hydrogen-bond donors (Lipinski definition) is 1. The maximum absolute atomic E-state index is 10.5. The molecule has 4 nitrogen and oxygen atoms in total. The molecule has 0 amide bonds. The highest BCUT2D eigenvalue weighted by Crippen LogP contribution is 2.20. The second-order valence-corrected chi connectivity index (χ2v) is 3.67. The second kappa shape index (κ2) is 5.30. The van der Waals surface area contributed by atoms with Crippen molar-refractivity contribution in [1.82, 2.24) is 9.97 Å². The summed E-state index contributed by atoms with van der Waals surface area (Å²) in [5.74, 6) is 1.19. The molecule has 0 bridgehead atoms. The summed E-state index contributed by atoms with van der Waals surface area (Å²) in [4.78, 5) is 17.4. The molecule has 0 spiro atoms. The Labute approximate surface area is 99.7 Å². The number of ether oxygens (including phenoxy) is 1. The van der Waals surface area contributed by atoms with Gasteiger partial charge in [-0.25, -0.2) is 4.98 Å². The molecule has 17 heavy (non-hydrogen) atoms. The second-order valence-electron chi connectivity index (χ2n) is 3.67. The molecule has 0 aliphatic rings. The van der Waals surface area contributed by atoms with Crippen molar-refractivity contribution in [2.24, 2.45) is 0 Å². The lowest BCUT2D eigenvalue weighted by Crippen LogP contribution is -1.94. The van der Waals surface area contributed by atoms with Gasteiger partial charge in [-0.2, -0.15) is 0 Å². The van der Waals surface area contributed by atoms with E-state index in [1.807, 2.05) is 24.3 Å². The van der Waals surface area contributed by atoms with Gasteiger partial charge in [-0.1, -0.05) is 6.92 Å². The maximum Gasteiger partial charge on any atom is 0.185 e. The van der Waals surface area contributed by atoms with Crippen molar-refractivity contribution in [2.75, 3.05) is 6.61 Å². The molecule has 0 saturated carbocycles. The number of carbonyl (C=O) groups excluding carboxylic acids is 1. The number of H-pyrrole nitrogens is 1. The van der Waals surface area contributed by atoms with Crippen molar-refractivity contribution in [3.05, 3.63) is 36.3 Å². The minimum absolute atomic E-state index is 0.339. The third-order valence-electron chi connectivity index (χ3n) is 2.35. The Morgan fingerprint density at radius 2 is 2.12 bits per heavy atom. The average molecular weight is 230 g/mol. The number of nitrogens with zero attached hydrogens (tertiary/aromatic N) is 1. The zero-order chi connectivity index (χ0) is 12.1. The molecule has 88 valence electrons. The van der Waals surface area contributed by atoms with Gasteiger partial charge < -0.3 is 9.72 Å². The first kappa shape index (κ1) is 11.4. The van der Waals surface area contributed by atoms with Crippen LogP contribution in [0.4, 0.5) is 0 Å². The van der Waals surface area contributed by atoms with Crippen LogP contribution >= 0.6 is 0 Å². The first-order chi connectivity index (χ1) is 8.33. The lowest BCUT2D eigenvalue weighted by molar-refractivity contribution is 0.111. The van der Waals surface area contributed by atoms with E-state index in [0.717, 1.165) is 30.0 Å². The van der Waals surface area contributed by atoms with Crippen LogP contribution in [-0.4, -0.2) is 22.9 Å². The van der Waals surface area contributed by atoms with Crippen LogP contribution in [0.3, 0.4) is 0 Å². The van der Waals surface area contributed by atoms with Crippen molar-refractivity contribution in [2.45, 2.75) is 13.3 Å². The molecular formula is C13H14N2O2. The Bertz CT molecular complexity index is 488. The topological polar surface area (TPSA) is 55.0 Å². The van der Waals surface area contributed by atoms with E-state index >= 15 is 0 Å². The molecule has 1 heterocycles. The molecule has 1 N–H and O–H groups in total. The van der Waals surface area contributed by atoms with E-state index in [9.17, 15) is 4.79 Å². The van der Waals surface area contributed by atoms with Crippen molar-refractivity contribution in [3.63, 3.8) is 0 Å². The van der Waals surface area contributed by atoms with Crippen LogP contribution in [-0.2, 0) is 0 Å². The van der Waals surface area contributed by atoms with E-state index in [4.69, 9.17) is 4.74 Å². The van der Waals surface area contributed by atoms with Crippen LogP contribution in [0, 0.1) is 0 Å². The quantitative estimate of drug-likeness (QED) is 0.803. The van der Waals surface area contributed by atoms with Gasteiger partial charge in [0, 0.05) is 0 Å². The minimum Gasteiger partial charge on any atom is -0.494 e. The summed E-state index contributed by atoms with van der Waals surface area (Å²) in [6.45, 7) is 2.79. The highest BCUT2D eigenvalue weighted by molar-refractivity contribution is 5.71. The smallest absolute Gasteiger partial charge is 0.185 e. The lowest BCUT2D eigenvalue weighted by atomic mass is 10.2. The first-order valence-corrected chi connectivity index (χ1v) is 5.57. The van der Waals surface area contributed by atoms with E-state index in [2.05, 4.69) is 16.9 Å². The summed E-state index contributed by atoms with van der Waals surface area (Å²) < 4.78 is 5.49. The van der Waals surface area contributed by atoms with Crippen LogP contribution in [0.25, 0.3) is 11.3 Å². The van der Waals surface area contributed by atoms with Crippen molar-refractivity contribution in [3.8, 4) is 17.0 Å². The van der Waals surface area contributed by atoms with Gasteiger partial charge in [0.05, 0.1) is 18.5 Å². The largest absolute Gasteiger partial charge is 0.494 e. The van der Waals surface area contributed by atoms with Crippen LogP contribution < -0.4 is 4.74 Å². The molecule has 4 heteroatoms. The van der Waals surface area contributed by atoms with Gasteiger partial charge >= 0.3 is 0 Å². The van der Waals surface area contributed by atoms with E-state index in [1.54, 1.807) is 6.20 Å². The summed E-state index contributed by atoms with van der Waals surface area (Å²) in [6, 6.07) is 7.69. The van der Waals surface area contributed by atoms with E-state index < -0.39 is 0 Å². The number of imidazole rings is 1. The number of aldehydes is 1. The Morgan fingerprint density at radius 3 is 2.71 bits per heavy atom. The number of rotatable bonds is 5. The van der Waals surface area contributed by atoms with Gasteiger partial charge in [0.2, 0.25) is 0 Å². The molecule has 0 unspecified atom stereocenters. The van der Waals surface area contributed by atoms with Crippen LogP contribution in [0.2, 0.25) is 0 Å². The highest BCUT2D eigenvalue weighted by Gasteiger charge is 2.02. The van der Waals surface area contributed by atoms with Crippen molar-refractivity contribution >= 4 is 6.29 Å². The normalized spacial score (nSPS) is 10.2. The number of hydrogen-bond acceptors (Lipinski definition) is 3. The number of benzene rings is 1. The van der Waals surface area contributed by atoms with Gasteiger partial charge in [-0.3, -0.25) is 4.79 Å². The summed E-state index contributed by atoms with van der Waals surface area (Å²) in [6.07, 6.45) is 3.33. The predicted octanol–water partition coefficient (Wildman–Crippen LogP) is 2.68. The average Bonchev–Trinajstić information content (AvgIpc) is 2.86. The van der Waals surface area contributed by atoms with Crippen molar-refractivity contribution < 1.29 is 9.53 Å². The molecule has 1 aromatic heterocycles. The SMILES string of the molecule is CCCOc1ccc(-c2cnc(C=O)[nH]2)cc1. The molecular weight excluding hydrogens is 216 g/mol. The van der Waals surface area contributed by atoms with Crippen LogP contribution in [0.5, 0.6) is 5.75 Å². The summed E-state index contributed by atoms with van der Waals surface area (Å²) in [5.41, 5.74) is 1.81. The summed E-state index contributed by atoms with van der Waals surface area (Å²) in [7, 11) is 0. The summed E-state index contributed by atoms with van der Waals surface area (Å²) in [5, 5.41) is 0. The number of nitrogens with one attached hydrogen (secondary N) is 1. The van der Waals surface area contributed by atoms with E-state index in [-0.39, 0.29) is 0 Å². The Kier molecular flexibility index (Phi) is 3.55. The third-order valence-corrected chi connectivity index (χ3v) is 2.35. The lowest BCUT2D eigenvalue weighted by Gasteiger charge is -2.04. The molecule has 0 fully saturated rings. The van der Waals surface area contributed by atoms with Gasteiger partial charge in [0.1, 0.15) is 5.75 Å². The monoisotopic (exact) mass is 230 g/mol. The summed E-state index contributed by atoms with van der Waals surface area (Å²) >= 11 is 0. The van der Waals surface area contributed by atoms with Gasteiger partial charge in [0.25, 0.3) is 0 Å². The highest BCUT2D eigenvalue weighted by atomic mass is 16.5. The fraction of sp³-hybridized carbons (Fsp3) is 0.231. The van der Waals surface area contributed by atoms with Gasteiger partial charge in [-0.05, 0) is 36.2 Å². The third kappa shape index (κ3) is 2.72. The molecule has 1 aromatic carbocycles. The number of carbonyl (C=O) groups is 1. The molecule has 0 radical (unpaired) electrons. The fourth-order valence-corrected chi connectivity index (χ4v) is 1.49. The Hall–Kier alpha value is -2.10. The number of aromatic amines is 1. The molecule has 0 atom stereocenters. The first-order valence-electron chi connectivity index (χ1n) is 5.57. The van der Waals surface area contributed by atoms with Crippen molar-refractivity contribution in [1.29, 1.82) is 0 Å². The Balaban J connectivity index is 2.14. The number of aromatic nitrogens is 2. The molecule has 0 aliphatic carbocycles. The van der Waals surface area contributed by atoms with E-state index in [1.165, 1.54) is 0 Å². The minimum atomic E-state index is 0.339. The van der Waals surface area contributed by atoms with Gasteiger partial charge in [0.15, 0.2) is 12.1 Å². The Morgan fingerprint density at radius 1 is 1.35 bits per heavy atom. The molecule has 2 aromatic rings. The molecule has 2 rings (SSSR count). The van der Waals surface area contributed by atoms with Crippen LogP contribution in [0.1, 0.15) is 24.0 Å². The zero-order valence-electron chi connectivity index (χ0n) is 9.64. The maximum atomic E-state index is 10.5. The fourth-order valence-electron chi connectivity index (χ4n) is 1.49. The van der Waals surface area contributed by atoms with E-state index in [0.29, 0.717) is 12.1 Å².